The van der Waals surface area contributed by atoms with Gasteiger partial charge in [-0.1, -0.05) is 12.8 Å². The second kappa shape index (κ2) is 4.14. The van der Waals surface area contributed by atoms with Gasteiger partial charge in [-0.15, -0.1) is 11.3 Å². The number of methoxy groups -OCH3 is 1. The van der Waals surface area contributed by atoms with Crippen LogP contribution in [-0.4, -0.2) is 7.11 Å². The lowest BCUT2D eigenvalue weighted by atomic mass is 9.99. The average Bonchev–Trinajstić information content (AvgIpc) is 2.46. The third-order valence-electron chi connectivity index (χ3n) is 2.74. The number of hydrogen-bond donors (Lipinski definition) is 0. The molecule has 1 aliphatic carbocycles. The van der Waals surface area contributed by atoms with Gasteiger partial charge >= 0.3 is 0 Å². The van der Waals surface area contributed by atoms with Crippen molar-refractivity contribution in [2.45, 2.75) is 38.5 Å². The first-order valence-electron chi connectivity index (χ1n) is 5.05. The monoisotopic (exact) mass is 196 g/mol. The summed E-state index contributed by atoms with van der Waals surface area (Å²) in [5.74, 6) is 1.13. The zero-order chi connectivity index (χ0) is 9.10. The second-order valence-corrected chi connectivity index (χ2v) is 4.58. The van der Waals surface area contributed by atoms with E-state index in [1.54, 1.807) is 12.0 Å². The van der Waals surface area contributed by atoms with Crippen LogP contribution in [0.3, 0.4) is 0 Å². The summed E-state index contributed by atoms with van der Waals surface area (Å²) in [4.78, 5) is 1.57. The highest BCUT2D eigenvalue weighted by Crippen LogP contribution is 2.33. The summed E-state index contributed by atoms with van der Waals surface area (Å²) in [6.07, 6.45) is 7.97. The van der Waals surface area contributed by atoms with Crippen LogP contribution in [-0.2, 0) is 12.8 Å². The maximum atomic E-state index is 5.36. The molecular formula is C11H16OS. The van der Waals surface area contributed by atoms with Gasteiger partial charge in [-0.25, -0.2) is 0 Å². The van der Waals surface area contributed by atoms with E-state index in [1.165, 1.54) is 44.1 Å². The molecule has 0 spiro atoms. The third-order valence-corrected chi connectivity index (χ3v) is 3.81. The number of fused-ring (bicyclic) bond motifs is 1. The van der Waals surface area contributed by atoms with Crippen molar-refractivity contribution < 1.29 is 4.74 Å². The van der Waals surface area contributed by atoms with Gasteiger partial charge in [0.05, 0.1) is 7.11 Å². The zero-order valence-corrected chi connectivity index (χ0v) is 8.95. The Morgan fingerprint density at radius 1 is 1.15 bits per heavy atom. The Labute approximate surface area is 83.7 Å². The summed E-state index contributed by atoms with van der Waals surface area (Å²) in [5.41, 5.74) is 1.49. The van der Waals surface area contributed by atoms with Gasteiger partial charge in [-0.05, 0) is 25.7 Å². The number of aryl methyl sites for hydroxylation is 1. The van der Waals surface area contributed by atoms with Gasteiger partial charge in [0.1, 0.15) is 5.75 Å². The third kappa shape index (κ3) is 1.88. The molecule has 1 aromatic heterocycles. The van der Waals surface area contributed by atoms with Gasteiger partial charge in [0, 0.05) is 15.8 Å². The minimum atomic E-state index is 1.13. The molecule has 0 aromatic carbocycles. The molecule has 1 nitrogen and oxygen atoms in total. The number of thiophene rings is 1. The van der Waals surface area contributed by atoms with Crippen molar-refractivity contribution in [3.05, 3.63) is 15.8 Å². The SMILES string of the molecule is COc1csc2c1CCCCCC2. The summed E-state index contributed by atoms with van der Waals surface area (Å²) in [6, 6.07) is 0. The quantitative estimate of drug-likeness (QED) is 0.668. The topological polar surface area (TPSA) is 9.23 Å². The van der Waals surface area contributed by atoms with Crippen LogP contribution in [0.15, 0.2) is 5.38 Å². The molecule has 1 aliphatic rings. The van der Waals surface area contributed by atoms with Gasteiger partial charge in [-0.3, -0.25) is 0 Å². The molecule has 0 fully saturated rings. The Balaban J connectivity index is 2.25. The molecule has 2 rings (SSSR count). The van der Waals surface area contributed by atoms with Gasteiger partial charge in [0.15, 0.2) is 0 Å². The molecule has 0 aliphatic heterocycles. The van der Waals surface area contributed by atoms with Crippen molar-refractivity contribution in [2.75, 3.05) is 7.11 Å². The van der Waals surface area contributed by atoms with E-state index in [9.17, 15) is 0 Å². The van der Waals surface area contributed by atoms with E-state index in [2.05, 4.69) is 5.38 Å². The molecule has 0 unspecified atom stereocenters. The summed E-state index contributed by atoms with van der Waals surface area (Å²) in [5, 5.41) is 2.16. The summed E-state index contributed by atoms with van der Waals surface area (Å²) < 4.78 is 5.36. The van der Waals surface area contributed by atoms with Crippen LogP contribution >= 0.6 is 11.3 Å². The lowest BCUT2D eigenvalue weighted by Crippen LogP contribution is -1.97. The van der Waals surface area contributed by atoms with Crippen LogP contribution in [0.4, 0.5) is 0 Å². The molecule has 1 heterocycles. The fourth-order valence-corrected chi connectivity index (χ4v) is 3.08. The van der Waals surface area contributed by atoms with Gasteiger partial charge in [-0.2, -0.15) is 0 Å². The Bertz CT molecular complexity index is 278. The van der Waals surface area contributed by atoms with E-state index >= 15 is 0 Å². The summed E-state index contributed by atoms with van der Waals surface area (Å²) in [6.45, 7) is 0. The molecule has 0 saturated carbocycles. The first-order valence-corrected chi connectivity index (χ1v) is 5.93. The molecule has 0 bridgehead atoms. The van der Waals surface area contributed by atoms with Crippen molar-refractivity contribution in [3.8, 4) is 5.75 Å². The number of rotatable bonds is 1. The van der Waals surface area contributed by atoms with Crippen LogP contribution in [0.2, 0.25) is 0 Å². The summed E-state index contributed by atoms with van der Waals surface area (Å²) in [7, 11) is 1.78. The Morgan fingerprint density at radius 3 is 2.69 bits per heavy atom. The lowest BCUT2D eigenvalue weighted by Gasteiger charge is -2.10. The highest BCUT2D eigenvalue weighted by atomic mass is 32.1. The molecule has 0 radical (unpaired) electrons. The van der Waals surface area contributed by atoms with Crippen molar-refractivity contribution in [2.24, 2.45) is 0 Å². The molecule has 1 aromatic rings. The molecule has 2 heteroatoms. The van der Waals surface area contributed by atoms with Crippen molar-refractivity contribution in [1.29, 1.82) is 0 Å². The van der Waals surface area contributed by atoms with Crippen LogP contribution < -0.4 is 4.74 Å². The molecule has 0 atom stereocenters. The maximum Gasteiger partial charge on any atom is 0.133 e. The van der Waals surface area contributed by atoms with Gasteiger partial charge < -0.3 is 4.74 Å². The molecular weight excluding hydrogens is 180 g/mol. The van der Waals surface area contributed by atoms with Crippen LogP contribution in [0, 0.1) is 0 Å². The molecule has 0 N–H and O–H groups in total. The van der Waals surface area contributed by atoms with E-state index in [0.29, 0.717) is 0 Å². The first-order chi connectivity index (χ1) is 6.42. The molecule has 0 saturated heterocycles. The largest absolute Gasteiger partial charge is 0.496 e. The molecule has 0 amide bonds. The predicted octanol–water partition coefficient (Wildman–Crippen LogP) is 3.42. The van der Waals surface area contributed by atoms with Gasteiger partial charge in [0.2, 0.25) is 0 Å². The van der Waals surface area contributed by atoms with E-state index in [-0.39, 0.29) is 0 Å². The smallest absolute Gasteiger partial charge is 0.133 e. The zero-order valence-electron chi connectivity index (χ0n) is 8.14. The van der Waals surface area contributed by atoms with Crippen molar-refractivity contribution >= 4 is 11.3 Å². The second-order valence-electron chi connectivity index (χ2n) is 3.62. The normalized spacial score (nSPS) is 17.3. The standard InChI is InChI=1S/C11H16OS/c1-12-10-8-13-11-7-5-3-2-4-6-9(10)11/h8H,2-7H2,1H3. The lowest BCUT2D eigenvalue weighted by molar-refractivity contribution is 0.409. The van der Waals surface area contributed by atoms with E-state index < -0.39 is 0 Å². The van der Waals surface area contributed by atoms with Crippen molar-refractivity contribution in [1.82, 2.24) is 0 Å². The minimum Gasteiger partial charge on any atom is -0.496 e. The van der Waals surface area contributed by atoms with E-state index in [4.69, 9.17) is 4.74 Å². The van der Waals surface area contributed by atoms with Crippen LogP contribution in [0.1, 0.15) is 36.1 Å². The predicted molar refractivity (Wildman–Crippen MR) is 56.7 cm³/mol. The molecule has 72 valence electrons. The highest BCUT2D eigenvalue weighted by Gasteiger charge is 2.13. The van der Waals surface area contributed by atoms with E-state index in [0.717, 1.165) is 5.75 Å². The van der Waals surface area contributed by atoms with Gasteiger partial charge in [0.25, 0.3) is 0 Å². The Kier molecular flexibility index (Phi) is 2.89. The Hall–Kier alpha value is -0.500. The number of hydrogen-bond acceptors (Lipinski definition) is 2. The van der Waals surface area contributed by atoms with Crippen LogP contribution in [0.25, 0.3) is 0 Å². The number of ether oxygens (including phenoxy) is 1. The highest BCUT2D eigenvalue weighted by molar-refractivity contribution is 7.10. The van der Waals surface area contributed by atoms with Crippen molar-refractivity contribution in [3.63, 3.8) is 0 Å². The maximum absolute atomic E-state index is 5.36. The average molecular weight is 196 g/mol. The molecule has 13 heavy (non-hydrogen) atoms. The fraction of sp³-hybridized carbons (Fsp3) is 0.636. The summed E-state index contributed by atoms with van der Waals surface area (Å²) >= 11 is 1.87. The first kappa shape index (κ1) is 9.07. The van der Waals surface area contributed by atoms with Crippen LogP contribution in [0.5, 0.6) is 5.75 Å². The minimum absolute atomic E-state index is 1.13. The van der Waals surface area contributed by atoms with E-state index in [1.807, 2.05) is 11.3 Å². The Morgan fingerprint density at radius 2 is 1.92 bits per heavy atom. The fourth-order valence-electron chi connectivity index (χ4n) is 1.99.